The fourth-order valence-corrected chi connectivity index (χ4v) is 3.21. The Balaban J connectivity index is 2.72. The second-order valence-corrected chi connectivity index (χ2v) is 7.67. The Kier molecular flexibility index (Phi) is 6.52. The molecule has 1 rings (SSSR count). The van der Waals surface area contributed by atoms with Gasteiger partial charge in [0.2, 0.25) is 10.0 Å². The molecule has 0 fully saturated rings. The summed E-state index contributed by atoms with van der Waals surface area (Å²) < 4.78 is 26.9. The molecule has 1 aromatic carbocycles. The summed E-state index contributed by atoms with van der Waals surface area (Å²) in [6.07, 6.45) is 0. The predicted octanol–water partition coefficient (Wildman–Crippen LogP) is 1.10. The molecule has 0 aromatic heterocycles. The molecule has 0 saturated heterocycles. The molecular formula is C15H25N3O3S. The van der Waals surface area contributed by atoms with E-state index in [-0.39, 0.29) is 10.8 Å². The first-order valence-electron chi connectivity index (χ1n) is 7.28. The van der Waals surface area contributed by atoms with Crippen molar-refractivity contribution in [2.45, 2.75) is 38.1 Å². The van der Waals surface area contributed by atoms with E-state index in [0.717, 1.165) is 6.54 Å². The van der Waals surface area contributed by atoms with Crippen molar-refractivity contribution in [2.75, 3.05) is 19.6 Å². The van der Waals surface area contributed by atoms with Gasteiger partial charge >= 0.3 is 0 Å². The summed E-state index contributed by atoms with van der Waals surface area (Å²) in [5.41, 5.74) is -0.118. The fourth-order valence-electron chi connectivity index (χ4n) is 1.79. The van der Waals surface area contributed by atoms with Crippen LogP contribution in [-0.4, -0.2) is 39.5 Å². The van der Waals surface area contributed by atoms with Crippen LogP contribution in [-0.2, 0) is 10.0 Å². The van der Waals surface area contributed by atoms with Crippen molar-refractivity contribution in [1.82, 2.24) is 15.4 Å². The quantitative estimate of drug-likeness (QED) is 0.655. The highest BCUT2D eigenvalue weighted by molar-refractivity contribution is 7.89. The molecule has 22 heavy (non-hydrogen) atoms. The third-order valence-electron chi connectivity index (χ3n) is 2.70. The molecule has 3 N–H and O–H groups in total. The Morgan fingerprint density at radius 2 is 1.68 bits per heavy atom. The lowest BCUT2D eigenvalue weighted by atomic mass is 10.1. The van der Waals surface area contributed by atoms with E-state index >= 15 is 0 Å². The summed E-state index contributed by atoms with van der Waals surface area (Å²) in [5.74, 6) is -0.217. The molecule has 0 aliphatic heterocycles. The average Bonchev–Trinajstić information content (AvgIpc) is 2.41. The van der Waals surface area contributed by atoms with Crippen molar-refractivity contribution in [3.05, 3.63) is 29.8 Å². The first kappa shape index (κ1) is 18.6. The fraction of sp³-hybridized carbons (Fsp3) is 0.533. The number of hydrogen-bond acceptors (Lipinski definition) is 4. The number of carbonyl (C=O) groups excluding carboxylic acids is 1. The molecule has 7 heteroatoms. The summed E-state index contributed by atoms with van der Waals surface area (Å²) in [6.45, 7) is 9.39. The third kappa shape index (κ3) is 6.13. The Bertz CT molecular complexity index is 589. The van der Waals surface area contributed by atoms with Gasteiger partial charge in [-0.3, -0.25) is 4.79 Å². The van der Waals surface area contributed by atoms with Crippen molar-refractivity contribution in [3.63, 3.8) is 0 Å². The predicted molar refractivity (Wildman–Crippen MR) is 87.4 cm³/mol. The topological polar surface area (TPSA) is 87.3 Å². The standard InChI is InChI=1S/C15H25N3O3S/c1-5-16-10-11-17-14(19)12-6-8-13(9-7-12)22(20,21)18-15(2,3)4/h6-9,16,18H,5,10-11H2,1-4H3,(H,17,19). The first-order valence-corrected chi connectivity index (χ1v) is 8.77. The molecule has 1 amide bonds. The van der Waals surface area contributed by atoms with Gasteiger partial charge in [-0.1, -0.05) is 6.92 Å². The molecule has 1 aromatic rings. The van der Waals surface area contributed by atoms with Crippen LogP contribution in [0.1, 0.15) is 38.1 Å². The van der Waals surface area contributed by atoms with Crippen LogP contribution < -0.4 is 15.4 Å². The number of amides is 1. The lowest BCUT2D eigenvalue weighted by molar-refractivity contribution is 0.0954. The Morgan fingerprint density at radius 3 is 2.18 bits per heavy atom. The number of carbonyl (C=O) groups is 1. The van der Waals surface area contributed by atoms with Crippen LogP contribution in [0.15, 0.2) is 29.2 Å². The van der Waals surface area contributed by atoms with E-state index in [1.807, 2.05) is 6.92 Å². The zero-order chi connectivity index (χ0) is 16.8. The minimum atomic E-state index is -3.58. The van der Waals surface area contributed by atoms with Gasteiger partial charge in [-0.25, -0.2) is 13.1 Å². The number of benzene rings is 1. The highest BCUT2D eigenvalue weighted by atomic mass is 32.2. The summed E-state index contributed by atoms with van der Waals surface area (Å²) >= 11 is 0. The van der Waals surface area contributed by atoms with Crippen LogP contribution in [0.2, 0.25) is 0 Å². The zero-order valence-electron chi connectivity index (χ0n) is 13.6. The summed E-state index contributed by atoms with van der Waals surface area (Å²) in [5, 5.41) is 5.87. The van der Waals surface area contributed by atoms with Crippen molar-refractivity contribution in [2.24, 2.45) is 0 Å². The molecule has 0 radical (unpaired) electrons. The SMILES string of the molecule is CCNCCNC(=O)c1ccc(S(=O)(=O)NC(C)(C)C)cc1. The smallest absolute Gasteiger partial charge is 0.251 e. The van der Waals surface area contributed by atoms with Gasteiger partial charge in [0.15, 0.2) is 0 Å². The summed E-state index contributed by atoms with van der Waals surface area (Å²) in [7, 11) is -3.58. The van der Waals surface area contributed by atoms with Gasteiger partial charge in [0.05, 0.1) is 4.90 Å². The van der Waals surface area contributed by atoms with Crippen LogP contribution >= 0.6 is 0 Å². The molecule has 0 spiro atoms. The number of sulfonamides is 1. The average molecular weight is 327 g/mol. The molecule has 6 nitrogen and oxygen atoms in total. The maximum Gasteiger partial charge on any atom is 0.251 e. The van der Waals surface area contributed by atoms with Crippen LogP contribution in [0.4, 0.5) is 0 Å². The van der Waals surface area contributed by atoms with E-state index in [1.165, 1.54) is 24.3 Å². The minimum Gasteiger partial charge on any atom is -0.351 e. The molecule has 0 aliphatic rings. The van der Waals surface area contributed by atoms with E-state index in [9.17, 15) is 13.2 Å². The van der Waals surface area contributed by atoms with E-state index in [1.54, 1.807) is 20.8 Å². The normalized spacial score (nSPS) is 12.2. The highest BCUT2D eigenvalue weighted by Crippen LogP contribution is 2.13. The van der Waals surface area contributed by atoms with Gasteiger partial charge in [0.25, 0.3) is 5.91 Å². The van der Waals surface area contributed by atoms with E-state index in [4.69, 9.17) is 0 Å². The first-order chi connectivity index (χ1) is 10.2. The van der Waals surface area contributed by atoms with E-state index < -0.39 is 15.6 Å². The molecule has 0 heterocycles. The number of rotatable bonds is 7. The molecule has 0 unspecified atom stereocenters. The molecule has 0 atom stereocenters. The summed E-state index contributed by atoms with van der Waals surface area (Å²) in [6, 6.07) is 5.90. The van der Waals surface area contributed by atoms with E-state index in [0.29, 0.717) is 18.7 Å². The van der Waals surface area contributed by atoms with Crippen molar-refractivity contribution >= 4 is 15.9 Å². The second kappa shape index (κ2) is 7.71. The lowest BCUT2D eigenvalue weighted by Crippen LogP contribution is -2.40. The highest BCUT2D eigenvalue weighted by Gasteiger charge is 2.22. The largest absolute Gasteiger partial charge is 0.351 e. The van der Waals surface area contributed by atoms with Gasteiger partial charge in [-0.05, 0) is 51.6 Å². The maximum absolute atomic E-state index is 12.2. The Morgan fingerprint density at radius 1 is 1.09 bits per heavy atom. The van der Waals surface area contributed by atoms with Crippen LogP contribution in [0.3, 0.4) is 0 Å². The number of hydrogen-bond donors (Lipinski definition) is 3. The van der Waals surface area contributed by atoms with Gasteiger partial charge in [0, 0.05) is 24.2 Å². The molecular weight excluding hydrogens is 302 g/mol. The van der Waals surface area contributed by atoms with Crippen LogP contribution in [0, 0.1) is 0 Å². The zero-order valence-corrected chi connectivity index (χ0v) is 14.4. The lowest BCUT2D eigenvalue weighted by Gasteiger charge is -2.20. The second-order valence-electron chi connectivity index (χ2n) is 5.99. The number of nitrogens with one attached hydrogen (secondary N) is 3. The number of likely N-dealkylation sites (N-methyl/N-ethyl adjacent to an activating group) is 1. The summed E-state index contributed by atoms with van der Waals surface area (Å²) in [4.78, 5) is 12.0. The van der Waals surface area contributed by atoms with E-state index in [2.05, 4.69) is 15.4 Å². The minimum absolute atomic E-state index is 0.145. The molecule has 0 saturated carbocycles. The van der Waals surface area contributed by atoms with Crippen molar-refractivity contribution in [3.8, 4) is 0 Å². The van der Waals surface area contributed by atoms with Gasteiger partial charge < -0.3 is 10.6 Å². The van der Waals surface area contributed by atoms with Crippen LogP contribution in [0.5, 0.6) is 0 Å². The van der Waals surface area contributed by atoms with Crippen molar-refractivity contribution < 1.29 is 13.2 Å². The Hall–Kier alpha value is -1.44. The van der Waals surface area contributed by atoms with Gasteiger partial charge in [-0.2, -0.15) is 0 Å². The maximum atomic E-state index is 12.2. The third-order valence-corrected chi connectivity index (χ3v) is 4.48. The Labute approximate surface area is 132 Å². The molecule has 0 aliphatic carbocycles. The monoisotopic (exact) mass is 327 g/mol. The van der Waals surface area contributed by atoms with Gasteiger partial charge in [0.1, 0.15) is 0 Å². The molecule has 124 valence electrons. The van der Waals surface area contributed by atoms with Crippen molar-refractivity contribution in [1.29, 1.82) is 0 Å². The van der Waals surface area contributed by atoms with Gasteiger partial charge in [-0.15, -0.1) is 0 Å². The van der Waals surface area contributed by atoms with Crippen LogP contribution in [0.25, 0.3) is 0 Å². The molecule has 0 bridgehead atoms.